The first kappa shape index (κ1) is 16.4. The fourth-order valence-corrected chi connectivity index (χ4v) is 3.65. The number of anilines is 1. The van der Waals surface area contributed by atoms with Gasteiger partial charge in [-0.25, -0.2) is 13.1 Å². The van der Waals surface area contributed by atoms with Crippen LogP contribution in [0.25, 0.3) is 0 Å². The highest BCUT2D eigenvalue weighted by atomic mass is 32.2. The van der Waals surface area contributed by atoms with Crippen molar-refractivity contribution < 1.29 is 17.9 Å². The molecular weight excluding hydrogens is 330 g/mol. The Balaban J connectivity index is 1.88. The van der Waals surface area contributed by atoms with E-state index in [0.717, 1.165) is 5.56 Å². The van der Waals surface area contributed by atoms with E-state index >= 15 is 0 Å². The largest absolute Gasteiger partial charge is 0.479 e. The summed E-state index contributed by atoms with van der Waals surface area (Å²) in [5, 5.41) is 2.70. The molecule has 1 atom stereocenters. The Morgan fingerprint density at radius 3 is 2.88 bits per heavy atom. The van der Waals surface area contributed by atoms with Gasteiger partial charge in [-0.2, -0.15) is 0 Å². The second-order valence-corrected chi connectivity index (χ2v) is 7.28. The van der Waals surface area contributed by atoms with Gasteiger partial charge in [0.05, 0.1) is 10.6 Å². The summed E-state index contributed by atoms with van der Waals surface area (Å²) in [5.74, 6) is 0.0849. The summed E-state index contributed by atoms with van der Waals surface area (Å²) in [6.07, 6.45) is 2.56. The number of aryl methyl sites for hydroxylation is 1. The number of benzene rings is 1. The lowest BCUT2D eigenvalue weighted by molar-refractivity contribution is -0.122. The fraction of sp³-hybridized carbons (Fsp3) is 0.250. The minimum absolute atomic E-state index is 0.119. The second-order valence-electron chi connectivity index (χ2n) is 5.55. The lowest BCUT2D eigenvalue weighted by Gasteiger charge is -2.24. The van der Waals surface area contributed by atoms with Gasteiger partial charge in [0.2, 0.25) is 10.0 Å². The van der Waals surface area contributed by atoms with Crippen molar-refractivity contribution in [1.82, 2.24) is 9.71 Å². The summed E-state index contributed by atoms with van der Waals surface area (Å²) in [6, 6.07) is 6.56. The van der Waals surface area contributed by atoms with Gasteiger partial charge in [-0.15, -0.1) is 0 Å². The predicted molar refractivity (Wildman–Crippen MR) is 88.2 cm³/mol. The van der Waals surface area contributed by atoms with Gasteiger partial charge in [-0.1, -0.05) is 6.07 Å². The number of hydrogen-bond donors (Lipinski definition) is 2. The fourth-order valence-electron chi connectivity index (χ4n) is 2.39. The molecule has 7 nitrogen and oxygen atoms in total. The number of sulfonamides is 1. The Morgan fingerprint density at radius 1 is 1.38 bits per heavy atom. The van der Waals surface area contributed by atoms with Crippen LogP contribution in [-0.4, -0.2) is 25.4 Å². The van der Waals surface area contributed by atoms with E-state index in [-0.39, 0.29) is 17.3 Å². The van der Waals surface area contributed by atoms with Gasteiger partial charge >= 0.3 is 0 Å². The Bertz CT molecular complexity index is 882. The average molecular weight is 347 g/mol. The molecule has 0 spiro atoms. The maximum Gasteiger partial charge on any atom is 0.265 e. The van der Waals surface area contributed by atoms with Gasteiger partial charge in [0.1, 0.15) is 5.75 Å². The molecule has 1 aromatic heterocycles. The van der Waals surface area contributed by atoms with Crippen molar-refractivity contribution in [2.45, 2.75) is 31.4 Å². The summed E-state index contributed by atoms with van der Waals surface area (Å²) in [5.41, 5.74) is 1.75. The first-order valence-corrected chi connectivity index (χ1v) is 8.86. The Morgan fingerprint density at radius 2 is 2.17 bits per heavy atom. The van der Waals surface area contributed by atoms with E-state index in [1.807, 2.05) is 0 Å². The van der Waals surface area contributed by atoms with Gasteiger partial charge in [0, 0.05) is 25.0 Å². The number of carbonyl (C=O) groups excluding carboxylic acids is 1. The van der Waals surface area contributed by atoms with E-state index in [9.17, 15) is 13.2 Å². The van der Waals surface area contributed by atoms with Crippen LogP contribution in [0.5, 0.6) is 5.75 Å². The maximum atomic E-state index is 12.6. The van der Waals surface area contributed by atoms with Gasteiger partial charge < -0.3 is 10.1 Å². The Labute approximate surface area is 140 Å². The van der Waals surface area contributed by atoms with Crippen LogP contribution in [-0.2, 0) is 21.4 Å². The molecule has 2 aromatic rings. The van der Waals surface area contributed by atoms with Gasteiger partial charge in [0.25, 0.3) is 5.91 Å². The van der Waals surface area contributed by atoms with Crippen LogP contribution in [0.2, 0.25) is 0 Å². The molecule has 126 valence electrons. The molecular formula is C16H17N3O4S. The van der Waals surface area contributed by atoms with Crippen LogP contribution in [0.3, 0.4) is 0 Å². The molecule has 1 amide bonds. The normalized spacial score (nSPS) is 16.9. The summed E-state index contributed by atoms with van der Waals surface area (Å²) >= 11 is 0. The third-order valence-electron chi connectivity index (χ3n) is 3.69. The number of amides is 1. The molecule has 1 aliphatic rings. The van der Waals surface area contributed by atoms with Crippen LogP contribution in [0.15, 0.2) is 41.6 Å². The number of fused-ring (bicyclic) bond motifs is 1. The van der Waals surface area contributed by atoms with E-state index < -0.39 is 16.1 Å². The van der Waals surface area contributed by atoms with Crippen LogP contribution in [0.4, 0.5) is 5.69 Å². The lowest BCUT2D eigenvalue weighted by atomic mass is 10.1. The topological polar surface area (TPSA) is 97.4 Å². The molecule has 1 unspecified atom stereocenters. The minimum atomic E-state index is -3.72. The monoisotopic (exact) mass is 347 g/mol. The standard InChI is InChI=1S/C16H17N3O4S/c1-10-6-13-14(23-11(2)16(20)19-13)7-15(10)24(21,22)18-9-12-4-3-5-17-8-12/h3-8,11,18H,9H2,1-2H3,(H,19,20). The summed E-state index contributed by atoms with van der Waals surface area (Å²) in [4.78, 5) is 15.7. The van der Waals surface area contributed by atoms with Crippen molar-refractivity contribution in [1.29, 1.82) is 0 Å². The number of hydrogen-bond acceptors (Lipinski definition) is 5. The van der Waals surface area contributed by atoms with E-state index in [1.54, 1.807) is 44.4 Å². The first-order chi connectivity index (χ1) is 11.4. The molecule has 1 aliphatic heterocycles. The number of nitrogens with one attached hydrogen (secondary N) is 2. The van der Waals surface area contributed by atoms with Crippen molar-refractivity contribution in [3.8, 4) is 5.75 Å². The van der Waals surface area contributed by atoms with Crippen molar-refractivity contribution in [3.63, 3.8) is 0 Å². The van der Waals surface area contributed by atoms with Gasteiger partial charge in [-0.05, 0) is 37.1 Å². The zero-order valence-corrected chi connectivity index (χ0v) is 14.1. The van der Waals surface area contributed by atoms with E-state index in [2.05, 4.69) is 15.0 Å². The SMILES string of the molecule is Cc1cc2c(cc1S(=O)(=O)NCc1cccnc1)OC(C)C(=O)N2. The molecule has 0 bridgehead atoms. The van der Waals surface area contributed by atoms with Crippen molar-refractivity contribution in [3.05, 3.63) is 47.8 Å². The molecule has 0 aliphatic carbocycles. The molecule has 0 saturated heterocycles. The molecule has 0 saturated carbocycles. The third-order valence-corrected chi connectivity index (χ3v) is 5.23. The highest BCUT2D eigenvalue weighted by Gasteiger charge is 2.27. The first-order valence-electron chi connectivity index (χ1n) is 7.37. The minimum Gasteiger partial charge on any atom is -0.479 e. The summed E-state index contributed by atoms with van der Waals surface area (Å²) in [7, 11) is -3.72. The maximum absolute atomic E-state index is 12.6. The van der Waals surface area contributed by atoms with Crippen LogP contribution in [0.1, 0.15) is 18.1 Å². The molecule has 0 fully saturated rings. The quantitative estimate of drug-likeness (QED) is 0.875. The zero-order valence-electron chi connectivity index (χ0n) is 13.2. The summed E-state index contributed by atoms with van der Waals surface area (Å²) < 4.78 is 33.2. The molecule has 2 N–H and O–H groups in total. The summed E-state index contributed by atoms with van der Waals surface area (Å²) in [6.45, 7) is 3.41. The van der Waals surface area contributed by atoms with E-state index in [0.29, 0.717) is 17.0 Å². The number of carbonyl (C=O) groups is 1. The average Bonchev–Trinajstić information content (AvgIpc) is 2.55. The molecule has 8 heteroatoms. The van der Waals surface area contributed by atoms with Gasteiger partial charge in [0.15, 0.2) is 6.10 Å². The second kappa shape index (κ2) is 6.21. The lowest BCUT2D eigenvalue weighted by Crippen LogP contribution is -2.34. The number of nitrogens with zero attached hydrogens (tertiary/aromatic N) is 1. The van der Waals surface area contributed by atoms with Crippen LogP contribution >= 0.6 is 0 Å². The van der Waals surface area contributed by atoms with E-state index in [1.165, 1.54) is 6.07 Å². The Kier molecular flexibility index (Phi) is 4.25. The molecule has 2 heterocycles. The number of rotatable bonds is 4. The highest BCUT2D eigenvalue weighted by Crippen LogP contribution is 2.34. The zero-order chi connectivity index (χ0) is 17.3. The molecule has 24 heavy (non-hydrogen) atoms. The highest BCUT2D eigenvalue weighted by molar-refractivity contribution is 7.89. The molecule has 0 radical (unpaired) electrons. The third kappa shape index (κ3) is 3.24. The van der Waals surface area contributed by atoms with Crippen LogP contribution in [0, 0.1) is 6.92 Å². The van der Waals surface area contributed by atoms with Crippen molar-refractivity contribution in [2.24, 2.45) is 0 Å². The Hall–Kier alpha value is -2.45. The smallest absolute Gasteiger partial charge is 0.265 e. The number of ether oxygens (including phenoxy) is 1. The predicted octanol–water partition coefficient (Wildman–Crippen LogP) is 1.59. The molecule has 1 aromatic carbocycles. The molecule has 3 rings (SSSR count). The van der Waals surface area contributed by atoms with E-state index in [4.69, 9.17) is 4.74 Å². The van der Waals surface area contributed by atoms with Crippen molar-refractivity contribution >= 4 is 21.6 Å². The van der Waals surface area contributed by atoms with Crippen molar-refractivity contribution in [2.75, 3.05) is 5.32 Å². The number of pyridine rings is 1. The van der Waals surface area contributed by atoms with Crippen LogP contribution < -0.4 is 14.8 Å². The number of aromatic nitrogens is 1. The van der Waals surface area contributed by atoms with Gasteiger partial charge in [-0.3, -0.25) is 9.78 Å².